The molecule has 0 atom stereocenters. The molecule has 1 aromatic heterocycles. The standard InChI is InChI=1S/C20H21F3N4O2/c21-20(22,23)15-6-4-14(5-7-15)18(28)25-9-11-26(12-10-25)19(29)16-13-24-27-8-2-1-3-17(16)27/h4-7,13H,1-3,8-12H2. The van der Waals surface area contributed by atoms with E-state index >= 15 is 0 Å². The van der Waals surface area contributed by atoms with Crippen LogP contribution < -0.4 is 0 Å². The minimum atomic E-state index is -4.43. The monoisotopic (exact) mass is 406 g/mol. The van der Waals surface area contributed by atoms with Crippen molar-refractivity contribution in [1.82, 2.24) is 19.6 Å². The number of hydrogen-bond acceptors (Lipinski definition) is 3. The van der Waals surface area contributed by atoms with Crippen molar-refractivity contribution in [2.24, 2.45) is 0 Å². The Hall–Kier alpha value is -2.84. The van der Waals surface area contributed by atoms with Gasteiger partial charge in [0.15, 0.2) is 0 Å². The first kappa shape index (κ1) is 19.5. The van der Waals surface area contributed by atoms with Crippen LogP contribution >= 0.6 is 0 Å². The smallest absolute Gasteiger partial charge is 0.335 e. The number of piperazine rings is 1. The van der Waals surface area contributed by atoms with Gasteiger partial charge in [-0.1, -0.05) is 0 Å². The van der Waals surface area contributed by atoms with Gasteiger partial charge in [-0.3, -0.25) is 14.3 Å². The maximum Gasteiger partial charge on any atom is 0.416 e. The quantitative estimate of drug-likeness (QED) is 0.771. The molecule has 6 nitrogen and oxygen atoms in total. The van der Waals surface area contributed by atoms with Gasteiger partial charge in [0.1, 0.15) is 0 Å². The van der Waals surface area contributed by atoms with Gasteiger partial charge in [0, 0.05) is 38.3 Å². The zero-order valence-electron chi connectivity index (χ0n) is 15.8. The van der Waals surface area contributed by atoms with Crippen molar-refractivity contribution in [3.63, 3.8) is 0 Å². The number of aromatic nitrogens is 2. The van der Waals surface area contributed by atoms with Gasteiger partial charge in [0.25, 0.3) is 11.8 Å². The zero-order valence-corrected chi connectivity index (χ0v) is 15.8. The Morgan fingerprint density at radius 1 is 0.862 bits per heavy atom. The summed E-state index contributed by atoms with van der Waals surface area (Å²) in [5.41, 5.74) is 1.04. The Morgan fingerprint density at radius 2 is 1.48 bits per heavy atom. The number of nitrogens with zero attached hydrogens (tertiary/aromatic N) is 4. The summed E-state index contributed by atoms with van der Waals surface area (Å²) in [6.07, 6.45) is 0.144. The van der Waals surface area contributed by atoms with E-state index in [1.165, 1.54) is 12.1 Å². The number of carbonyl (C=O) groups excluding carboxylic acids is 2. The van der Waals surface area contributed by atoms with Crippen LogP contribution in [0.1, 0.15) is 44.8 Å². The summed E-state index contributed by atoms with van der Waals surface area (Å²) >= 11 is 0. The highest BCUT2D eigenvalue weighted by Gasteiger charge is 2.31. The molecule has 2 aliphatic heterocycles. The number of carbonyl (C=O) groups is 2. The molecule has 4 rings (SSSR count). The second-order valence-corrected chi connectivity index (χ2v) is 7.34. The molecule has 29 heavy (non-hydrogen) atoms. The molecule has 0 saturated carbocycles. The van der Waals surface area contributed by atoms with Crippen molar-refractivity contribution < 1.29 is 22.8 Å². The van der Waals surface area contributed by atoms with Gasteiger partial charge >= 0.3 is 6.18 Å². The van der Waals surface area contributed by atoms with Gasteiger partial charge in [-0.15, -0.1) is 0 Å². The minimum Gasteiger partial charge on any atom is -0.335 e. The third kappa shape index (κ3) is 3.86. The van der Waals surface area contributed by atoms with Crippen LogP contribution in [0.25, 0.3) is 0 Å². The highest BCUT2D eigenvalue weighted by molar-refractivity contribution is 5.96. The lowest BCUT2D eigenvalue weighted by Gasteiger charge is -2.35. The van der Waals surface area contributed by atoms with E-state index in [1.807, 2.05) is 4.68 Å². The van der Waals surface area contributed by atoms with Gasteiger partial charge in [-0.05, 0) is 43.5 Å². The lowest BCUT2D eigenvalue weighted by molar-refractivity contribution is -0.137. The largest absolute Gasteiger partial charge is 0.416 e. The van der Waals surface area contributed by atoms with Crippen molar-refractivity contribution in [2.75, 3.05) is 26.2 Å². The number of fused-ring (bicyclic) bond motifs is 1. The number of benzene rings is 1. The van der Waals surface area contributed by atoms with Crippen LogP contribution in [0, 0.1) is 0 Å². The molecule has 3 heterocycles. The van der Waals surface area contributed by atoms with Crippen LogP contribution in [0.2, 0.25) is 0 Å². The Labute approximate surface area is 165 Å². The fourth-order valence-electron chi connectivity index (χ4n) is 3.87. The number of rotatable bonds is 2. The van der Waals surface area contributed by atoms with Gasteiger partial charge in [0.05, 0.1) is 23.0 Å². The van der Waals surface area contributed by atoms with E-state index in [0.717, 1.165) is 43.6 Å². The van der Waals surface area contributed by atoms with Crippen LogP contribution in [0.4, 0.5) is 13.2 Å². The first-order valence-electron chi connectivity index (χ1n) is 9.65. The Bertz CT molecular complexity index is 913. The second kappa shape index (κ2) is 7.53. The predicted molar refractivity (Wildman–Crippen MR) is 98.4 cm³/mol. The third-order valence-corrected chi connectivity index (χ3v) is 5.53. The molecule has 0 aliphatic carbocycles. The van der Waals surface area contributed by atoms with E-state index < -0.39 is 11.7 Å². The van der Waals surface area contributed by atoms with E-state index in [-0.39, 0.29) is 17.4 Å². The SMILES string of the molecule is O=C(c1ccc(C(F)(F)F)cc1)N1CCN(C(=O)c2cnn3c2CCCC3)CC1. The third-order valence-electron chi connectivity index (χ3n) is 5.53. The molecular weight excluding hydrogens is 385 g/mol. The van der Waals surface area contributed by atoms with Crippen LogP contribution in [0.5, 0.6) is 0 Å². The molecule has 9 heteroatoms. The summed E-state index contributed by atoms with van der Waals surface area (Å²) in [5, 5.41) is 4.30. The maximum atomic E-state index is 12.9. The van der Waals surface area contributed by atoms with Gasteiger partial charge in [0.2, 0.25) is 0 Å². The molecular formula is C20H21F3N4O2. The number of halogens is 3. The summed E-state index contributed by atoms with van der Waals surface area (Å²) in [7, 11) is 0. The van der Waals surface area contributed by atoms with Crippen molar-refractivity contribution in [3.05, 3.63) is 52.8 Å². The highest BCUT2D eigenvalue weighted by atomic mass is 19.4. The van der Waals surface area contributed by atoms with Crippen molar-refractivity contribution in [2.45, 2.75) is 32.0 Å². The fourth-order valence-corrected chi connectivity index (χ4v) is 3.87. The molecule has 0 bridgehead atoms. The molecule has 0 spiro atoms. The number of amides is 2. The zero-order chi connectivity index (χ0) is 20.6. The fraction of sp³-hybridized carbons (Fsp3) is 0.450. The minimum absolute atomic E-state index is 0.0743. The summed E-state index contributed by atoms with van der Waals surface area (Å²) in [6.45, 7) is 2.29. The van der Waals surface area contributed by atoms with Crippen molar-refractivity contribution >= 4 is 11.8 Å². The molecule has 2 amide bonds. The molecule has 2 aromatic rings. The first-order chi connectivity index (χ1) is 13.8. The summed E-state index contributed by atoms with van der Waals surface area (Å²) in [4.78, 5) is 28.7. The van der Waals surface area contributed by atoms with Crippen LogP contribution in [0.15, 0.2) is 30.5 Å². The highest BCUT2D eigenvalue weighted by Crippen LogP contribution is 2.29. The van der Waals surface area contributed by atoms with Crippen molar-refractivity contribution in [3.8, 4) is 0 Å². The molecule has 1 saturated heterocycles. The van der Waals surface area contributed by atoms with Gasteiger partial charge in [-0.25, -0.2) is 0 Å². The van der Waals surface area contributed by atoms with Gasteiger partial charge < -0.3 is 9.80 Å². The topological polar surface area (TPSA) is 58.4 Å². The average molecular weight is 406 g/mol. The molecule has 0 radical (unpaired) electrons. The average Bonchev–Trinajstić information content (AvgIpc) is 3.16. The van der Waals surface area contributed by atoms with E-state index in [9.17, 15) is 22.8 Å². The number of aryl methyl sites for hydroxylation is 1. The molecule has 1 aromatic carbocycles. The summed E-state index contributed by atoms with van der Waals surface area (Å²) in [5.74, 6) is -0.400. The molecule has 2 aliphatic rings. The Morgan fingerprint density at radius 3 is 2.10 bits per heavy atom. The predicted octanol–water partition coefficient (Wildman–Crippen LogP) is 2.84. The Balaban J connectivity index is 1.38. The molecule has 154 valence electrons. The van der Waals surface area contributed by atoms with Crippen LogP contribution in [-0.4, -0.2) is 57.6 Å². The van der Waals surface area contributed by atoms with E-state index in [1.54, 1.807) is 16.0 Å². The second-order valence-electron chi connectivity index (χ2n) is 7.34. The van der Waals surface area contributed by atoms with Crippen LogP contribution in [-0.2, 0) is 19.1 Å². The normalized spacial score (nSPS) is 17.2. The summed E-state index contributed by atoms with van der Waals surface area (Å²) in [6, 6.07) is 4.22. The molecule has 0 unspecified atom stereocenters. The molecule has 0 N–H and O–H groups in total. The van der Waals surface area contributed by atoms with Crippen LogP contribution in [0.3, 0.4) is 0 Å². The van der Waals surface area contributed by atoms with E-state index in [0.29, 0.717) is 31.7 Å². The lowest BCUT2D eigenvalue weighted by atomic mass is 10.1. The Kier molecular flexibility index (Phi) is 5.06. The number of hydrogen-bond donors (Lipinski definition) is 0. The first-order valence-corrected chi connectivity index (χ1v) is 9.65. The van der Waals surface area contributed by atoms with E-state index in [2.05, 4.69) is 5.10 Å². The van der Waals surface area contributed by atoms with Gasteiger partial charge in [-0.2, -0.15) is 18.3 Å². The van der Waals surface area contributed by atoms with Crippen molar-refractivity contribution in [1.29, 1.82) is 0 Å². The van der Waals surface area contributed by atoms with E-state index in [4.69, 9.17) is 0 Å². The summed E-state index contributed by atoms with van der Waals surface area (Å²) < 4.78 is 39.9. The molecule has 1 fully saturated rings. The lowest BCUT2D eigenvalue weighted by Crippen LogP contribution is -2.50. The number of alkyl halides is 3. The maximum absolute atomic E-state index is 12.9.